The number of carbonyl (C=O) groups excluding carboxylic acids is 1. The summed E-state index contributed by atoms with van der Waals surface area (Å²) in [5.41, 5.74) is 1.11. The number of hydrogen-bond acceptors (Lipinski definition) is 4. The van der Waals surface area contributed by atoms with Crippen LogP contribution in [0.25, 0.3) is 0 Å². The lowest BCUT2D eigenvalue weighted by Gasteiger charge is -1.93. The minimum Gasteiger partial charge on any atom is -0.211 e. The first-order valence-corrected chi connectivity index (χ1v) is 3.33. The van der Waals surface area contributed by atoms with Crippen LogP contribution in [-0.4, -0.2) is 6.08 Å². The smallest absolute Gasteiger partial charge is 0.211 e. The molecule has 0 saturated carbocycles. The second-order valence-electron chi connectivity index (χ2n) is 2.17. The van der Waals surface area contributed by atoms with Crippen LogP contribution in [0.4, 0.5) is 5.69 Å². The summed E-state index contributed by atoms with van der Waals surface area (Å²) in [6.07, 6.45) is 1.42. The highest BCUT2D eigenvalue weighted by Gasteiger charge is 1.93. The standard InChI is InChI=1S/C8H6N2O2/c11-6-9-5-7-2-1-3-8(4-7)10-12/h1-4H,5H2. The molecule has 0 radical (unpaired) electrons. The van der Waals surface area contributed by atoms with Gasteiger partial charge in [0.15, 0.2) is 0 Å². The summed E-state index contributed by atoms with van der Waals surface area (Å²) in [7, 11) is 0. The van der Waals surface area contributed by atoms with E-state index in [0.717, 1.165) is 5.56 Å². The average Bonchev–Trinajstić information content (AvgIpc) is 2.15. The third-order valence-electron chi connectivity index (χ3n) is 1.34. The van der Waals surface area contributed by atoms with E-state index < -0.39 is 0 Å². The van der Waals surface area contributed by atoms with Crippen molar-refractivity contribution in [1.82, 2.24) is 0 Å². The normalized spacial score (nSPS) is 8.67. The second-order valence-corrected chi connectivity index (χ2v) is 2.17. The summed E-state index contributed by atoms with van der Waals surface area (Å²) >= 11 is 0. The number of nitroso groups, excluding NO2 is 1. The molecule has 1 rings (SSSR count). The Morgan fingerprint density at radius 1 is 1.42 bits per heavy atom. The highest BCUT2D eigenvalue weighted by Crippen LogP contribution is 2.13. The van der Waals surface area contributed by atoms with E-state index >= 15 is 0 Å². The summed E-state index contributed by atoms with van der Waals surface area (Å²) in [5, 5.41) is 2.75. The molecule has 0 atom stereocenters. The van der Waals surface area contributed by atoms with Gasteiger partial charge in [0.2, 0.25) is 6.08 Å². The number of rotatable bonds is 3. The quantitative estimate of drug-likeness (QED) is 0.387. The number of isocyanates is 1. The molecule has 0 unspecified atom stereocenters. The van der Waals surface area contributed by atoms with Crippen LogP contribution in [0.3, 0.4) is 0 Å². The predicted molar refractivity (Wildman–Crippen MR) is 43.7 cm³/mol. The minimum atomic E-state index is 0.243. The van der Waals surface area contributed by atoms with Gasteiger partial charge in [0.05, 0.1) is 6.54 Å². The lowest BCUT2D eigenvalue weighted by Crippen LogP contribution is -1.78. The Hall–Kier alpha value is -1.80. The van der Waals surface area contributed by atoms with Crippen molar-refractivity contribution in [1.29, 1.82) is 0 Å². The summed E-state index contributed by atoms with van der Waals surface area (Å²) in [4.78, 5) is 23.2. The van der Waals surface area contributed by atoms with Crippen LogP contribution in [-0.2, 0) is 11.3 Å². The molecule has 4 heteroatoms. The summed E-state index contributed by atoms with van der Waals surface area (Å²) in [5.74, 6) is 0. The molecule has 0 aliphatic heterocycles. The van der Waals surface area contributed by atoms with Crippen LogP contribution in [0.2, 0.25) is 0 Å². The minimum absolute atomic E-state index is 0.243. The van der Waals surface area contributed by atoms with Crippen molar-refractivity contribution in [2.75, 3.05) is 0 Å². The van der Waals surface area contributed by atoms with Crippen molar-refractivity contribution < 1.29 is 4.79 Å². The van der Waals surface area contributed by atoms with Gasteiger partial charge in [0.25, 0.3) is 0 Å². The fourth-order valence-corrected chi connectivity index (χ4v) is 0.835. The molecule has 0 heterocycles. The Balaban J connectivity index is 2.85. The van der Waals surface area contributed by atoms with E-state index in [-0.39, 0.29) is 6.54 Å². The van der Waals surface area contributed by atoms with Gasteiger partial charge >= 0.3 is 0 Å². The number of benzene rings is 1. The summed E-state index contributed by atoms with van der Waals surface area (Å²) in [6, 6.07) is 6.61. The van der Waals surface area contributed by atoms with Crippen LogP contribution in [0.15, 0.2) is 34.4 Å². The van der Waals surface area contributed by atoms with E-state index in [0.29, 0.717) is 5.69 Å². The van der Waals surface area contributed by atoms with Gasteiger partial charge in [-0.3, -0.25) is 0 Å². The summed E-state index contributed by atoms with van der Waals surface area (Å²) in [6.45, 7) is 0.243. The monoisotopic (exact) mass is 162 g/mol. The third kappa shape index (κ3) is 2.11. The molecule has 1 aromatic carbocycles. The van der Waals surface area contributed by atoms with Crippen molar-refractivity contribution in [2.45, 2.75) is 6.54 Å². The second kappa shape index (κ2) is 4.16. The molecule has 0 bridgehead atoms. The van der Waals surface area contributed by atoms with Crippen molar-refractivity contribution >= 4 is 11.8 Å². The molecule has 12 heavy (non-hydrogen) atoms. The largest absolute Gasteiger partial charge is 0.235 e. The molecule has 0 aliphatic carbocycles. The van der Waals surface area contributed by atoms with Gasteiger partial charge in [0.1, 0.15) is 5.69 Å². The van der Waals surface area contributed by atoms with Crippen LogP contribution in [0, 0.1) is 4.91 Å². The molecule has 0 aliphatic rings. The lowest BCUT2D eigenvalue weighted by atomic mass is 10.2. The van der Waals surface area contributed by atoms with E-state index in [4.69, 9.17) is 0 Å². The van der Waals surface area contributed by atoms with Crippen LogP contribution < -0.4 is 0 Å². The van der Waals surface area contributed by atoms with Gasteiger partial charge in [0, 0.05) is 0 Å². The first kappa shape index (κ1) is 8.30. The van der Waals surface area contributed by atoms with E-state index in [1.54, 1.807) is 24.3 Å². The van der Waals surface area contributed by atoms with Crippen molar-refractivity contribution in [3.05, 3.63) is 34.7 Å². The van der Waals surface area contributed by atoms with E-state index in [2.05, 4.69) is 10.2 Å². The van der Waals surface area contributed by atoms with Gasteiger partial charge in [-0.05, 0) is 22.9 Å². The first-order chi connectivity index (χ1) is 5.86. The topological polar surface area (TPSA) is 58.9 Å². The molecular formula is C8H6N2O2. The summed E-state index contributed by atoms with van der Waals surface area (Å²) < 4.78 is 0. The Kier molecular flexibility index (Phi) is 2.87. The van der Waals surface area contributed by atoms with Crippen LogP contribution in [0.1, 0.15) is 5.56 Å². The average molecular weight is 162 g/mol. The van der Waals surface area contributed by atoms with Gasteiger partial charge in [-0.2, -0.15) is 0 Å². The molecule has 0 fully saturated rings. The molecule has 4 nitrogen and oxygen atoms in total. The Labute approximate surface area is 68.9 Å². The maximum absolute atomic E-state index is 10.1. The predicted octanol–water partition coefficient (Wildman–Crippen LogP) is 1.92. The molecule has 0 aromatic heterocycles. The third-order valence-corrected chi connectivity index (χ3v) is 1.34. The molecule has 1 aromatic rings. The lowest BCUT2D eigenvalue weighted by molar-refractivity contribution is 0.563. The molecule has 0 spiro atoms. The van der Waals surface area contributed by atoms with Gasteiger partial charge in [-0.1, -0.05) is 12.1 Å². The Morgan fingerprint density at radius 3 is 2.92 bits per heavy atom. The highest BCUT2D eigenvalue weighted by atomic mass is 16.3. The molecular weight excluding hydrogens is 156 g/mol. The zero-order chi connectivity index (χ0) is 8.81. The van der Waals surface area contributed by atoms with Crippen LogP contribution >= 0.6 is 0 Å². The van der Waals surface area contributed by atoms with Crippen molar-refractivity contribution in [3.8, 4) is 0 Å². The Morgan fingerprint density at radius 2 is 2.25 bits per heavy atom. The Bertz CT molecular complexity index is 330. The van der Waals surface area contributed by atoms with Crippen molar-refractivity contribution in [3.63, 3.8) is 0 Å². The molecule has 0 N–H and O–H groups in total. The molecule has 0 amide bonds. The fourth-order valence-electron chi connectivity index (χ4n) is 0.835. The highest BCUT2D eigenvalue weighted by molar-refractivity contribution is 5.40. The molecule has 60 valence electrons. The number of aliphatic imine (C=N–C) groups is 1. The maximum Gasteiger partial charge on any atom is 0.235 e. The van der Waals surface area contributed by atoms with Crippen LogP contribution in [0.5, 0.6) is 0 Å². The SMILES string of the molecule is O=C=NCc1cccc(N=O)c1. The number of hydrogen-bond donors (Lipinski definition) is 0. The zero-order valence-corrected chi connectivity index (χ0v) is 6.23. The first-order valence-electron chi connectivity index (χ1n) is 3.33. The van der Waals surface area contributed by atoms with Gasteiger partial charge in [-0.25, -0.2) is 9.79 Å². The van der Waals surface area contributed by atoms with Crippen molar-refractivity contribution in [2.24, 2.45) is 10.2 Å². The molecule has 0 saturated heterocycles. The van der Waals surface area contributed by atoms with Gasteiger partial charge < -0.3 is 0 Å². The van der Waals surface area contributed by atoms with E-state index in [1.165, 1.54) is 6.08 Å². The fraction of sp³-hybridized carbons (Fsp3) is 0.125. The van der Waals surface area contributed by atoms with E-state index in [9.17, 15) is 9.70 Å². The maximum atomic E-state index is 10.1. The van der Waals surface area contributed by atoms with Gasteiger partial charge in [-0.15, -0.1) is 4.91 Å². The van der Waals surface area contributed by atoms with E-state index in [1.807, 2.05) is 0 Å². The number of nitrogens with zero attached hydrogens (tertiary/aromatic N) is 2. The zero-order valence-electron chi connectivity index (χ0n) is 6.23.